The Kier molecular flexibility index (Phi) is 6.86. The number of rotatable bonds is 7. The number of aromatic nitrogens is 4. The zero-order chi connectivity index (χ0) is 25.2. The molecule has 9 heteroatoms. The van der Waals surface area contributed by atoms with Crippen LogP contribution in [-0.4, -0.2) is 31.7 Å². The Labute approximate surface area is 207 Å². The molecule has 0 atom stereocenters. The van der Waals surface area contributed by atoms with E-state index in [0.717, 1.165) is 11.1 Å². The van der Waals surface area contributed by atoms with Crippen molar-refractivity contribution >= 4 is 11.6 Å². The molecule has 0 aliphatic rings. The summed E-state index contributed by atoms with van der Waals surface area (Å²) < 4.78 is 12.4. The molecule has 0 saturated carbocycles. The third-order valence-electron chi connectivity index (χ3n) is 5.28. The highest BCUT2D eigenvalue weighted by atomic mass is 35.5. The van der Waals surface area contributed by atoms with Crippen LogP contribution in [0.2, 0.25) is 5.02 Å². The van der Waals surface area contributed by atoms with Gasteiger partial charge < -0.3 is 14.6 Å². The average molecular weight is 493 g/mol. The maximum absolute atomic E-state index is 13.2. The Morgan fingerprint density at radius 3 is 2.60 bits per heavy atom. The predicted octanol–water partition coefficient (Wildman–Crippen LogP) is 4.47. The van der Waals surface area contributed by atoms with Gasteiger partial charge in [-0.05, 0) is 56.7 Å². The zero-order valence-electron chi connectivity index (χ0n) is 19.8. The van der Waals surface area contributed by atoms with E-state index in [-0.39, 0.29) is 17.5 Å². The number of methoxy groups -OCH3 is 1. The zero-order valence-corrected chi connectivity index (χ0v) is 20.6. The standard InChI is InChI=1S/C26H25ClN4O4/c1-16-29-23(35-15-17-7-5-10-20(13-17)34-4)22(27)24(32)31(16)19-9-6-8-18(14-19)21-11-12-28-25(30-21)26(2,3)33/h5-14,33H,15H2,1-4H3. The van der Waals surface area contributed by atoms with Gasteiger partial charge in [0.1, 0.15) is 23.8 Å². The lowest BCUT2D eigenvalue weighted by molar-refractivity contribution is 0.0688. The topological polar surface area (TPSA) is 99.4 Å². The fraction of sp³-hybridized carbons (Fsp3) is 0.231. The lowest BCUT2D eigenvalue weighted by Gasteiger charge is -2.16. The second kappa shape index (κ2) is 9.85. The summed E-state index contributed by atoms with van der Waals surface area (Å²) in [4.78, 5) is 26.2. The maximum atomic E-state index is 13.2. The fourth-order valence-electron chi connectivity index (χ4n) is 3.51. The first-order valence-electron chi connectivity index (χ1n) is 10.9. The van der Waals surface area contributed by atoms with E-state index < -0.39 is 11.2 Å². The van der Waals surface area contributed by atoms with Gasteiger partial charge in [-0.25, -0.2) is 9.97 Å². The van der Waals surface area contributed by atoms with Gasteiger partial charge in [0.05, 0.1) is 18.5 Å². The molecule has 4 aromatic rings. The van der Waals surface area contributed by atoms with E-state index >= 15 is 0 Å². The molecule has 8 nitrogen and oxygen atoms in total. The molecule has 0 aliphatic heterocycles. The molecule has 2 aromatic carbocycles. The van der Waals surface area contributed by atoms with Crippen molar-refractivity contribution in [2.45, 2.75) is 33.0 Å². The molecule has 0 radical (unpaired) electrons. The van der Waals surface area contributed by atoms with Gasteiger partial charge in [0.15, 0.2) is 10.8 Å². The summed E-state index contributed by atoms with van der Waals surface area (Å²) in [5.74, 6) is 1.48. The smallest absolute Gasteiger partial charge is 0.280 e. The molecule has 180 valence electrons. The summed E-state index contributed by atoms with van der Waals surface area (Å²) in [6.45, 7) is 5.13. The summed E-state index contributed by atoms with van der Waals surface area (Å²) in [5.41, 5.74) is 1.16. The van der Waals surface area contributed by atoms with E-state index in [2.05, 4.69) is 15.0 Å². The quantitative estimate of drug-likeness (QED) is 0.406. The van der Waals surface area contributed by atoms with Crippen LogP contribution in [0.25, 0.3) is 16.9 Å². The van der Waals surface area contributed by atoms with Gasteiger partial charge in [-0.15, -0.1) is 0 Å². The third-order valence-corrected chi connectivity index (χ3v) is 5.60. The van der Waals surface area contributed by atoms with Crippen molar-refractivity contribution in [1.82, 2.24) is 19.5 Å². The van der Waals surface area contributed by atoms with Gasteiger partial charge in [-0.3, -0.25) is 9.36 Å². The molecule has 4 rings (SSSR count). The Morgan fingerprint density at radius 2 is 1.86 bits per heavy atom. The van der Waals surface area contributed by atoms with Crippen molar-refractivity contribution in [3.63, 3.8) is 0 Å². The van der Waals surface area contributed by atoms with Crippen molar-refractivity contribution in [1.29, 1.82) is 0 Å². The number of hydrogen-bond acceptors (Lipinski definition) is 7. The van der Waals surface area contributed by atoms with Gasteiger partial charge in [-0.2, -0.15) is 4.98 Å². The van der Waals surface area contributed by atoms with E-state index in [1.54, 1.807) is 52.3 Å². The molecule has 2 heterocycles. The first-order valence-corrected chi connectivity index (χ1v) is 11.3. The molecule has 35 heavy (non-hydrogen) atoms. The van der Waals surface area contributed by atoms with E-state index in [4.69, 9.17) is 21.1 Å². The summed E-state index contributed by atoms with van der Waals surface area (Å²) in [6, 6.07) is 16.4. The van der Waals surface area contributed by atoms with Crippen LogP contribution in [-0.2, 0) is 12.2 Å². The largest absolute Gasteiger partial charge is 0.497 e. The van der Waals surface area contributed by atoms with Crippen LogP contribution in [0.3, 0.4) is 0 Å². The number of aryl methyl sites for hydroxylation is 1. The van der Waals surface area contributed by atoms with E-state index in [1.165, 1.54) is 4.57 Å². The number of nitrogens with zero attached hydrogens (tertiary/aromatic N) is 4. The molecule has 0 fully saturated rings. The minimum absolute atomic E-state index is 0.0648. The number of ether oxygens (including phenoxy) is 2. The molecule has 0 amide bonds. The van der Waals surface area contributed by atoms with Crippen LogP contribution >= 0.6 is 11.6 Å². The van der Waals surface area contributed by atoms with Gasteiger partial charge in [-0.1, -0.05) is 35.9 Å². The maximum Gasteiger partial charge on any atom is 0.280 e. The monoisotopic (exact) mass is 492 g/mol. The normalized spacial score (nSPS) is 11.4. The Morgan fingerprint density at radius 1 is 1.09 bits per heavy atom. The van der Waals surface area contributed by atoms with Crippen LogP contribution in [0, 0.1) is 6.92 Å². The number of aliphatic hydroxyl groups is 1. The van der Waals surface area contributed by atoms with Gasteiger partial charge in [0, 0.05) is 11.8 Å². The van der Waals surface area contributed by atoms with Gasteiger partial charge >= 0.3 is 0 Å². The minimum atomic E-state index is -1.18. The SMILES string of the molecule is COc1cccc(COc2nc(C)n(-c3cccc(-c4ccnc(C(C)(C)O)n4)c3)c(=O)c2Cl)c1. The van der Waals surface area contributed by atoms with Crippen molar-refractivity contribution in [3.8, 4) is 28.6 Å². The summed E-state index contributed by atoms with van der Waals surface area (Å²) in [6.07, 6.45) is 1.59. The van der Waals surface area contributed by atoms with Crippen LogP contribution in [0.5, 0.6) is 11.6 Å². The minimum Gasteiger partial charge on any atom is -0.497 e. The molecule has 0 aliphatic carbocycles. The van der Waals surface area contributed by atoms with Crippen molar-refractivity contribution in [2.24, 2.45) is 0 Å². The Bertz CT molecular complexity index is 1430. The molecule has 0 unspecified atom stereocenters. The van der Waals surface area contributed by atoms with Gasteiger partial charge in [0.25, 0.3) is 5.56 Å². The molecular formula is C26H25ClN4O4. The highest BCUT2D eigenvalue weighted by Crippen LogP contribution is 2.25. The second-order valence-corrected chi connectivity index (χ2v) is 8.81. The van der Waals surface area contributed by atoms with Gasteiger partial charge in [0.2, 0.25) is 5.88 Å². The molecule has 0 saturated heterocycles. The summed E-state index contributed by atoms with van der Waals surface area (Å²) >= 11 is 6.38. The van der Waals surface area contributed by atoms with Crippen molar-refractivity contribution < 1.29 is 14.6 Å². The highest BCUT2D eigenvalue weighted by Gasteiger charge is 2.20. The first kappa shape index (κ1) is 24.4. The van der Waals surface area contributed by atoms with Crippen molar-refractivity contribution in [3.05, 3.63) is 93.4 Å². The Hall–Kier alpha value is -3.75. The average Bonchev–Trinajstić information content (AvgIpc) is 2.85. The van der Waals surface area contributed by atoms with E-state index in [1.807, 2.05) is 36.4 Å². The second-order valence-electron chi connectivity index (χ2n) is 8.43. The predicted molar refractivity (Wildman–Crippen MR) is 133 cm³/mol. The van der Waals surface area contributed by atoms with Crippen LogP contribution in [0.15, 0.2) is 65.6 Å². The lowest BCUT2D eigenvalue weighted by atomic mass is 10.1. The molecule has 2 aromatic heterocycles. The fourth-order valence-corrected chi connectivity index (χ4v) is 3.70. The molecule has 0 bridgehead atoms. The van der Waals surface area contributed by atoms with E-state index in [0.29, 0.717) is 28.8 Å². The lowest BCUT2D eigenvalue weighted by Crippen LogP contribution is -2.23. The first-order chi connectivity index (χ1) is 16.7. The number of hydrogen-bond donors (Lipinski definition) is 1. The molecule has 1 N–H and O–H groups in total. The third kappa shape index (κ3) is 5.34. The molecule has 0 spiro atoms. The summed E-state index contributed by atoms with van der Waals surface area (Å²) in [7, 11) is 1.59. The number of benzene rings is 2. The highest BCUT2D eigenvalue weighted by molar-refractivity contribution is 6.31. The van der Waals surface area contributed by atoms with Crippen LogP contribution < -0.4 is 15.0 Å². The number of halogens is 1. The van der Waals surface area contributed by atoms with Crippen LogP contribution in [0.1, 0.15) is 31.1 Å². The van der Waals surface area contributed by atoms with Crippen LogP contribution in [0.4, 0.5) is 0 Å². The van der Waals surface area contributed by atoms with E-state index in [9.17, 15) is 9.90 Å². The molecular weight excluding hydrogens is 468 g/mol. The Balaban J connectivity index is 1.66. The van der Waals surface area contributed by atoms with Crippen molar-refractivity contribution in [2.75, 3.05) is 7.11 Å². The summed E-state index contributed by atoms with van der Waals surface area (Å²) in [5, 5.41) is 10.1.